The lowest BCUT2D eigenvalue weighted by molar-refractivity contribution is 0.181. The minimum absolute atomic E-state index is 0.0480. The number of hydrogen-bond acceptors (Lipinski definition) is 4. The van der Waals surface area contributed by atoms with Crippen molar-refractivity contribution in [3.63, 3.8) is 0 Å². The van der Waals surface area contributed by atoms with E-state index in [1.165, 1.54) is 30.1 Å². The molecule has 134 valence electrons. The van der Waals surface area contributed by atoms with Gasteiger partial charge in [0.05, 0.1) is 22.6 Å². The van der Waals surface area contributed by atoms with Gasteiger partial charge >= 0.3 is 0 Å². The van der Waals surface area contributed by atoms with Gasteiger partial charge in [-0.1, -0.05) is 12.1 Å². The SMILES string of the molecule is C[C@@H](c1nc2ccccc2c(=O)[nH]1)N1CCc2c(nc(C3CC3)n2C)C1. The van der Waals surface area contributed by atoms with Crippen molar-refractivity contribution in [2.75, 3.05) is 6.54 Å². The molecule has 2 aromatic heterocycles. The second-order valence-corrected chi connectivity index (χ2v) is 7.56. The Balaban J connectivity index is 1.45. The molecule has 0 amide bonds. The maximum atomic E-state index is 12.4. The molecule has 3 aromatic rings. The number of imidazole rings is 1. The Morgan fingerprint density at radius 3 is 2.85 bits per heavy atom. The predicted molar refractivity (Wildman–Crippen MR) is 100 cm³/mol. The van der Waals surface area contributed by atoms with Crippen LogP contribution in [0.25, 0.3) is 10.9 Å². The fraction of sp³-hybridized carbons (Fsp3) is 0.450. The summed E-state index contributed by atoms with van der Waals surface area (Å²) in [4.78, 5) is 27.4. The molecule has 6 nitrogen and oxygen atoms in total. The monoisotopic (exact) mass is 349 g/mol. The van der Waals surface area contributed by atoms with Gasteiger partial charge in [0.2, 0.25) is 0 Å². The van der Waals surface area contributed by atoms with Crippen LogP contribution in [0.2, 0.25) is 0 Å². The molecule has 1 saturated carbocycles. The second kappa shape index (κ2) is 5.77. The van der Waals surface area contributed by atoms with Gasteiger partial charge in [-0.25, -0.2) is 9.97 Å². The molecule has 1 N–H and O–H groups in total. The molecule has 0 saturated heterocycles. The zero-order valence-corrected chi connectivity index (χ0v) is 15.2. The number of nitrogens with one attached hydrogen (secondary N) is 1. The number of para-hydroxylation sites is 1. The zero-order valence-electron chi connectivity index (χ0n) is 15.2. The lowest BCUT2D eigenvalue weighted by atomic mass is 10.1. The molecule has 26 heavy (non-hydrogen) atoms. The molecular weight excluding hydrogens is 326 g/mol. The van der Waals surface area contributed by atoms with Crippen LogP contribution in [0.3, 0.4) is 0 Å². The Morgan fingerprint density at radius 1 is 1.23 bits per heavy atom. The van der Waals surface area contributed by atoms with Gasteiger partial charge in [0.25, 0.3) is 5.56 Å². The van der Waals surface area contributed by atoms with Gasteiger partial charge in [0.1, 0.15) is 11.6 Å². The van der Waals surface area contributed by atoms with Crippen LogP contribution in [0.5, 0.6) is 0 Å². The van der Waals surface area contributed by atoms with Crippen molar-refractivity contribution in [3.8, 4) is 0 Å². The third-order valence-corrected chi connectivity index (χ3v) is 5.84. The molecule has 5 rings (SSSR count). The number of rotatable bonds is 3. The lowest BCUT2D eigenvalue weighted by Gasteiger charge is -2.31. The number of aromatic amines is 1. The first-order chi connectivity index (χ1) is 12.6. The van der Waals surface area contributed by atoms with E-state index >= 15 is 0 Å². The summed E-state index contributed by atoms with van der Waals surface area (Å²) in [7, 11) is 2.15. The van der Waals surface area contributed by atoms with Crippen LogP contribution in [0, 0.1) is 0 Å². The van der Waals surface area contributed by atoms with E-state index in [2.05, 4.69) is 28.4 Å². The highest BCUT2D eigenvalue weighted by Gasteiger charge is 2.33. The summed E-state index contributed by atoms with van der Waals surface area (Å²) >= 11 is 0. The minimum atomic E-state index is -0.0657. The highest BCUT2D eigenvalue weighted by Crippen LogP contribution is 2.40. The average Bonchev–Trinajstić information content (AvgIpc) is 3.45. The molecule has 0 bridgehead atoms. The van der Waals surface area contributed by atoms with Crippen molar-refractivity contribution in [1.82, 2.24) is 24.4 Å². The molecule has 2 aliphatic rings. The van der Waals surface area contributed by atoms with Gasteiger partial charge in [0.15, 0.2) is 0 Å². The van der Waals surface area contributed by atoms with Crippen LogP contribution in [-0.2, 0) is 20.0 Å². The summed E-state index contributed by atoms with van der Waals surface area (Å²) in [5.74, 6) is 2.65. The number of benzene rings is 1. The van der Waals surface area contributed by atoms with E-state index in [0.29, 0.717) is 11.3 Å². The molecule has 1 aromatic carbocycles. The van der Waals surface area contributed by atoms with Crippen molar-refractivity contribution in [3.05, 3.63) is 57.7 Å². The number of aromatic nitrogens is 4. The minimum Gasteiger partial charge on any atom is -0.335 e. The summed E-state index contributed by atoms with van der Waals surface area (Å²) in [5, 5.41) is 0.642. The number of fused-ring (bicyclic) bond motifs is 2. The van der Waals surface area contributed by atoms with E-state index < -0.39 is 0 Å². The molecule has 1 atom stereocenters. The number of hydrogen-bond donors (Lipinski definition) is 1. The Hall–Kier alpha value is -2.47. The quantitative estimate of drug-likeness (QED) is 0.789. The molecule has 1 aliphatic heterocycles. The maximum Gasteiger partial charge on any atom is 0.258 e. The van der Waals surface area contributed by atoms with E-state index in [-0.39, 0.29) is 11.6 Å². The predicted octanol–water partition coefficient (Wildman–Crippen LogP) is 2.65. The van der Waals surface area contributed by atoms with Gasteiger partial charge < -0.3 is 9.55 Å². The van der Waals surface area contributed by atoms with Crippen molar-refractivity contribution >= 4 is 10.9 Å². The third-order valence-electron chi connectivity index (χ3n) is 5.84. The van der Waals surface area contributed by atoms with Crippen molar-refractivity contribution in [2.24, 2.45) is 7.05 Å². The molecule has 3 heterocycles. The fourth-order valence-electron chi connectivity index (χ4n) is 4.08. The fourth-order valence-corrected chi connectivity index (χ4v) is 4.08. The van der Waals surface area contributed by atoms with Crippen LogP contribution < -0.4 is 5.56 Å². The normalized spacial score (nSPS) is 18.8. The molecular formula is C20H23N5O. The highest BCUT2D eigenvalue weighted by molar-refractivity contribution is 5.77. The Labute approximate surface area is 151 Å². The highest BCUT2D eigenvalue weighted by atomic mass is 16.1. The van der Waals surface area contributed by atoms with E-state index in [4.69, 9.17) is 9.97 Å². The van der Waals surface area contributed by atoms with Crippen LogP contribution in [0.15, 0.2) is 29.1 Å². The first kappa shape index (κ1) is 15.8. The Kier molecular flexibility index (Phi) is 3.50. The standard InChI is InChI=1S/C20H23N5O/c1-12(18-21-15-6-4-3-5-14(15)20(26)23-18)25-10-9-17-16(11-25)22-19(24(17)2)13-7-8-13/h3-6,12-13H,7-11H2,1-2H3,(H,21,23,26)/t12-/m0/s1. The van der Waals surface area contributed by atoms with Crippen LogP contribution in [0.1, 0.15) is 54.8 Å². The largest absolute Gasteiger partial charge is 0.335 e. The summed E-state index contributed by atoms with van der Waals surface area (Å²) in [5.41, 5.74) is 3.25. The van der Waals surface area contributed by atoms with Gasteiger partial charge in [0, 0.05) is 38.2 Å². The third kappa shape index (κ3) is 2.48. The Morgan fingerprint density at radius 2 is 2.04 bits per heavy atom. The molecule has 0 radical (unpaired) electrons. The van der Waals surface area contributed by atoms with Crippen molar-refractivity contribution in [1.29, 1.82) is 0 Å². The molecule has 6 heteroatoms. The first-order valence-electron chi connectivity index (χ1n) is 9.39. The number of H-pyrrole nitrogens is 1. The topological polar surface area (TPSA) is 66.8 Å². The van der Waals surface area contributed by atoms with Gasteiger partial charge in [-0.05, 0) is 31.9 Å². The maximum absolute atomic E-state index is 12.4. The average molecular weight is 349 g/mol. The first-order valence-corrected chi connectivity index (χ1v) is 9.39. The van der Waals surface area contributed by atoms with Gasteiger partial charge in [-0.15, -0.1) is 0 Å². The van der Waals surface area contributed by atoms with E-state index in [9.17, 15) is 4.79 Å². The summed E-state index contributed by atoms with van der Waals surface area (Å²) in [6, 6.07) is 7.55. The zero-order chi connectivity index (χ0) is 17.8. The van der Waals surface area contributed by atoms with Gasteiger partial charge in [-0.3, -0.25) is 9.69 Å². The van der Waals surface area contributed by atoms with Crippen LogP contribution in [-0.4, -0.2) is 31.0 Å². The van der Waals surface area contributed by atoms with Gasteiger partial charge in [-0.2, -0.15) is 0 Å². The lowest BCUT2D eigenvalue weighted by Crippen LogP contribution is -2.35. The molecule has 0 spiro atoms. The van der Waals surface area contributed by atoms with E-state index in [1.54, 1.807) is 0 Å². The Bertz CT molecular complexity index is 1050. The van der Waals surface area contributed by atoms with Crippen molar-refractivity contribution in [2.45, 2.75) is 44.7 Å². The summed E-state index contributed by atoms with van der Waals surface area (Å²) in [6.07, 6.45) is 3.53. The molecule has 0 unspecified atom stereocenters. The molecule has 1 aliphatic carbocycles. The van der Waals surface area contributed by atoms with E-state index in [1.807, 2.05) is 24.3 Å². The number of nitrogens with zero attached hydrogens (tertiary/aromatic N) is 4. The smallest absolute Gasteiger partial charge is 0.258 e. The van der Waals surface area contributed by atoms with Crippen molar-refractivity contribution < 1.29 is 0 Å². The van der Waals surface area contributed by atoms with E-state index in [0.717, 1.165) is 30.9 Å². The van der Waals surface area contributed by atoms with Crippen LogP contribution in [0.4, 0.5) is 0 Å². The molecule has 1 fully saturated rings. The summed E-state index contributed by atoms with van der Waals surface area (Å²) in [6.45, 7) is 3.88. The van der Waals surface area contributed by atoms with Crippen LogP contribution >= 0.6 is 0 Å². The second-order valence-electron chi connectivity index (χ2n) is 7.56. The summed E-state index contributed by atoms with van der Waals surface area (Å²) < 4.78 is 2.31.